The number of hydrogen-bond donors (Lipinski definition) is 1. The molecule has 0 saturated heterocycles. The van der Waals surface area contributed by atoms with Gasteiger partial charge in [0.2, 0.25) is 0 Å². The van der Waals surface area contributed by atoms with Crippen molar-refractivity contribution in [1.82, 2.24) is 0 Å². The summed E-state index contributed by atoms with van der Waals surface area (Å²) < 4.78 is 0. The molecule has 2 aromatic carbocycles. The quantitative estimate of drug-likeness (QED) is 0.818. The smallest absolute Gasteiger partial charge is 0.0390 e. The molecule has 0 radical (unpaired) electrons. The van der Waals surface area contributed by atoms with E-state index < -0.39 is 0 Å². The van der Waals surface area contributed by atoms with Crippen molar-refractivity contribution >= 4 is 11.8 Å². The van der Waals surface area contributed by atoms with Crippen LogP contribution in [0.4, 0.5) is 0 Å². The molecule has 2 aromatic rings. The minimum atomic E-state index is 0.0931. The lowest BCUT2D eigenvalue weighted by atomic mass is 10.1. The number of benzene rings is 2. The van der Waals surface area contributed by atoms with E-state index in [1.807, 2.05) is 11.8 Å². The molecule has 0 bridgehead atoms. The van der Waals surface area contributed by atoms with Crippen molar-refractivity contribution in [2.24, 2.45) is 5.73 Å². The molecule has 0 amide bonds. The Kier molecular flexibility index (Phi) is 5.06. The first-order chi connectivity index (χ1) is 9.20. The second-order valence-corrected chi connectivity index (χ2v) is 5.84. The van der Waals surface area contributed by atoms with E-state index in [0.717, 1.165) is 12.2 Å². The highest BCUT2D eigenvalue weighted by molar-refractivity contribution is 7.99. The third kappa shape index (κ3) is 3.85. The monoisotopic (exact) mass is 271 g/mol. The first-order valence-electron chi connectivity index (χ1n) is 6.73. The molecule has 19 heavy (non-hydrogen) atoms. The van der Waals surface area contributed by atoms with Gasteiger partial charge in [0.1, 0.15) is 0 Å². The summed E-state index contributed by atoms with van der Waals surface area (Å²) in [6, 6.07) is 17.2. The zero-order valence-corrected chi connectivity index (χ0v) is 12.4. The SMILES string of the molecule is CCc1ccc(C(N)CSc2ccccc2C)cc1. The Balaban J connectivity index is 1.97. The fraction of sp³-hybridized carbons (Fsp3) is 0.294. The Morgan fingerprint density at radius 3 is 2.37 bits per heavy atom. The van der Waals surface area contributed by atoms with Crippen LogP contribution in [0.2, 0.25) is 0 Å². The summed E-state index contributed by atoms with van der Waals surface area (Å²) in [5, 5.41) is 0. The van der Waals surface area contributed by atoms with Crippen molar-refractivity contribution in [3.05, 3.63) is 65.2 Å². The van der Waals surface area contributed by atoms with Gasteiger partial charge in [0.05, 0.1) is 0 Å². The molecule has 0 heterocycles. The van der Waals surface area contributed by atoms with Gasteiger partial charge in [-0.05, 0) is 36.1 Å². The standard InChI is InChI=1S/C17H21NS/c1-3-14-8-10-15(11-9-14)16(18)12-19-17-7-5-4-6-13(17)2/h4-11,16H,3,12,18H2,1-2H3. The lowest BCUT2D eigenvalue weighted by Gasteiger charge is -2.13. The average molecular weight is 271 g/mol. The first kappa shape index (κ1) is 14.2. The van der Waals surface area contributed by atoms with Crippen LogP contribution in [0.1, 0.15) is 29.7 Å². The lowest BCUT2D eigenvalue weighted by Crippen LogP contribution is -2.13. The van der Waals surface area contributed by atoms with Crippen LogP contribution in [0.15, 0.2) is 53.4 Å². The summed E-state index contributed by atoms with van der Waals surface area (Å²) in [4.78, 5) is 1.32. The van der Waals surface area contributed by atoms with Gasteiger partial charge in [-0.3, -0.25) is 0 Å². The van der Waals surface area contributed by atoms with Crippen LogP contribution in [0.25, 0.3) is 0 Å². The maximum Gasteiger partial charge on any atom is 0.0390 e. The molecule has 2 heteroatoms. The number of thioether (sulfide) groups is 1. The van der Waals surface area contributed by atoms with Gasteiger partial charge in [-0.1, -0.05) is 49.4 Å². The van der Waals surface area contributed by atoms with E-state index >= 15 is 0 Å². The largest absolute Gasteiger partial charge is 0.323 e. The van der Waals surface area contributed by atoms with Gasteiger partial charge in [-0.25, -0.2) is 0 Å². The lowest BCUT2D eigenvalue weighted by molar-refractivity contribution is 0.830. The third-order valence-corrected chi connectivity index (χ3v) is 4.62. The molecule has 100 valence electrons. The number of nitrogens with two attached hydrogens (primary N) is 1. The molecule has 2 rings (SSSR count). The zero-order chi connectivity index (χ0) is 13.7. The summed E-state index contributed by atoms with van der Waals surface area (Å²) in [6.45, 7) is 4.31. The average Bonchev–Trinajstić information content (AvgIpc) is 2.46. The van der Waals surface area contributed by atoms with E-state index in [-0.39, 0.29) is 6.04 Å². The predicted molar refractivity (Wildman–Crippen MR) is 84.7 cm³/mol. The van der Waals surface area contributed by atoms with Crippen LogP contribution in [0.5, 0.6) is 0 Å². The molecule has 1 nitrogen and oxygen atoms in total. The molecular formula is C17H21NS. The second kappa shape index (κ2) is 6.78. The minimum absolute atomic E-state index is 0.0931. The number of rotatable bonds is 5. The fourth-order valence-corrected chi connectivity index (χ4v) is 3.02. The molecule has 2 N–H and O–H groups in total. The summed E-state index contributed by atoms with van der Waals surface area (Å²) in [6.07, 6.45) is 1.08. The molecule has 0 spiro atoms. The summed E-state index contributed by atoms with van der Waals surface area (Å²) in [5.74, 6) is 0.913. The maximum absolute atomic E-state index is 6.26. The summed E-state index contributed by atoms with van der Waals surface area (Å²) >= 11 is 1.83. The first-order valence-corrected chi connectivity index (χ1v) is 7.72. The Hall–Kier alpha value is -1.25. The molecule has 0 fully saturated rings. The minimum Gasteiger partial charge on any atom is -0.323 e. The highest BCUT2D eigenvalue weighted by Gasteiger charge is 2.07. The maximum atomic E-state index is 6.26. The van der Waals surface area contributed by atoms with Crippen molar-refractivity contribution < 1.29 is 0 Å². The molecule has 1 atom stereocenters. The molecule has 0 aliphatic heterocycles. The summed E-state index contributed by atoms with van der Waals surface area (Å²) in [7, 11) is 0. The number of aryl methyl sites for hydroxylation is 2. The summed E-state index contributed by atoms with van der Waals surface area (Å²) in [5.41, 5.74) is 10.2. The predicted octanol–water partition coefficient (Wildman–Crippen LogP) is 4.35. The van der Waals surface area contributed by atoms with Gasteiger partial charge in [0.25, 0.3) is 0 Å². The molecule has 0 aromatic heterocycles. The van der Waals surface area contributed by atoms with Gasteiger partial charge < -0.3 is 5.73 Å². The van der Waals surface area contributed by atoms with Crippen LogP contribution in [0.3, 0.4) is 0 Å². The highest BCUT2D eigenvalue weighted by Crippen LogP contribution is 2.26. The Labute approximate surface area is 120 Å². The van der Waals surface area contributed by atoms with Gasteiger partial charge in [0, 0.05) is 16.7 Å². The zero-order valence-electron chi connectivity index (χ0n) is 11.6. The second-order valence-electron chi connectivity index (χ2n) is 4.78. The van der Waals surface area contributed by atoms with Crippen LogP contribution < -0.4 is 5.73 Å². The van der Waals surface area contributed by atoms with Crippen molar-refractivity contribution in [2.45, 2.75) is 31.2 Å². The van der Waals surface area contributed by atoms with E-state index in [0.29, 0.717) is 0 Å². The molecular weight excluding hydrogens is 250 g/mol. The van der Waals surface area contributed by atoms with E-state index in [1.165, 1.54) is 21.6 Å². The molecule has 0 aliphatic carbocycles. The van der Waals surface area contributed by atoms with E-state index in [9.17, 15) is 0 Å². The third-order valence-electron chi connectivity index (χ3n) is 3.33. The normalized spacial score (nSPS) is 12.4. The van der Waals surface area contributed by atoms with Gasteiger partial charge in [-0.2, -0.15) is 0 Å². The highest BCUT2D eigenvalue weighted by atomic mass is 32.2. The van der Waals surface area contributed by atoms with Gasteiger partial charge >= 0.3 is 0 Å². The Morgan fingerprint density at radius 1 is 1.05 bits per heavy atom. The van der Waals surface area contributed by atoms with Gasteiger partial charge in [0.15, 0.2) is 0 Å². The van der Waals surface area contributed by atoms with Crippen LogP contribution >= 0.6 is 11.8 Å². The van der Waals surface area contributed by atoms with Gasteiger partial charge in [-0.15, -0.1) is 11.8 Å². The van der Waals surface area contributed by atoms with Crippen LogP contribution in [-0.4, -0.2) is 5.75 Å². The fourth-order valence-electron chi connectivity index (χ4n) is 1.99. The van der Waals surface area contributed by atoms with E-state index in [1.54, 1.807) is 0 Å². The molecule has 1 unspecified atom stereocenters. The molecule has 0 saturated carbocycles. The van der Waals surface area contributed by atoms with E-state index in [4.69, 9.17) is 5.73 Å². The van der Waals surface area contributed by atoms with Crippen molar-refractivity contribution in [1.29, 1.82) is 0 Å². The Bertz CT molecular complexity index is 519. The number of hydrogen-bond acceptors (Lipinski definition) is 2. The van der Waals surface area contributed by atoms with E-state index in [2.05, 4.69) is 62.4 Å². The van der Waals surface area contributed by atoms with Crippen molar-refractivity contribution in [3.8, 4) is 0 Å². The van der Waals surface area contributed by atoms with Crippen LogP contribution in [-0.2, 0) is 6.42 Å². The Morgan fingerprint density at radius 2 is 1.74 bits per heavy atom. The van der Waals surface area contributed by atoms with Crippen LogP contribution in [0, 0.1) is 6.92 Å². The van der Waals surface area contributed by atoms with Crippen molar-refractivity contribution in [3.63, 3.8) is 0 Å². The van der Waals surface area contributed by atoms with Crippen molar-refractivity contribution in [2.75, 3.05) is 5.75 Å². The molecule has 0 aliphatic rings. The topological polar surface area (TPSA) is 26.0 Å².